The van der Waals surface area contributed by atoms with E-state index < -0.39 is 0 Å². The van der Waals surface area contributed by atoms with E-state index in [-0.39, 0.29) is 0 Å². The maximum Gasteiger partial charge on any atom is 0.141 e. The summed E-state index contributed by atoms with van der Waals surface area (Å²) in [5.74, 6) is 0.563. The number of amidine groups is 1. The highest BCUT2D eigenvalue weighted by Crippen LogP contribution is 2.19. The standard InChI is InChI=1S/C26H25N3S/c27-26(25-12-7-17-30-25)28-24-15-13-23(14-16-24)20-29(18-21-8-3-1-4-9-21)19-22-10-5-2-6-11-22/h1-17H,18-20H2,(H2,27,28). The Bertz CT molecular complexity index is 1010. The highest BCUT2D eigenvalue weighted by molar-refractivity contribution is 7.12. The van der Waals surface area contributed by atoms with Crippen LogP contribution >= 0.6 is 11.3 Å². The smallest absolute Gasteiger partial charge is 0.141 e. The minimum absolute atomic E-state index is 0.563. The lowest BCUT2D eigenvalue weighted by atomic mass is 10.1. The van der Waals surface area contributed by atoms with Crippen LogP contribution in [-0.2, 0) is 19.6 Å². The molecule has 2 N–H and O–H groups in total. The average molecular weight is 412 g/mol. The normalized spacial score (nSPS) is 11.7. The molecule has 0 amide bonds. The van der Waals surface area contributed by atoms with Crippen molar-refractivity contribution in [1.29, 1.82) is 0 Å². The molecule has 0 bridgehead atoms. The number of thiophene rings is 1. The molecule has 1 heterocycles. The van der Waals surface area contributed by atoms with E-state index in [0.29, 0.717) is 5.84 Å². The summed E-state index contributed by atoms with van der Waals surface area (Å²) < 4.78 is 0. The second-order valence-corrected chi connectivity index (χ2v) is 8.20. The topological polar surface area (TPSA) is 41.6 Å². The molecule has 0 fully saturated rings. The highest BCUT2D eigenvalue weighted by Gasteiger charge is 2.09. The molecule has 3 aromatic carbocycles. The number of rotatable bonds is 8. The van der Waals surface area contributed by atoms with Crippen LogP contribution in [0.1, 0.15) is 21.6 Å². The number of aliphatic imine (C=N–C) groups is 1. The molecule has 0 aliphatic heterocycles. The Morgan fingerprint density at radius 2 is 1.20 bits per heavy atom. The molecule has 0 spiro atoms. The van der Waals surface area contributed by atoms with Crippen LogP contribution < -0.4 is 5.73 Å². The summed E-state index contributed by atoms with van der Waals surface area (Å²) in [7, 11) is 0. The number of hydrogen-bond donors (Lipinski definition) is 1. The monoisotopic (exact) mass is 411 g/mol. The van der Waals surface area contributed by atoms with E-state index >= 15 is 0 Å². The summed E-state index contributed by atoms with van der Waals surface area (Å²) in [5, 5.41) is 2.01. The third-order valence-corrected chi connectivity index (χ3v) is 5.76. The van der Waals surface area contributed by atoms with E-state index in [0.717, 1.165) is 30.2 Å². The zero-order valence-electron chi connectivity index (χ0n) is 16.8. The molecule has 0 atom stereocenters. The first-order valence-corrected chi connectivity index (χ1v) is 10.9. The van der Waals surface area contributed by atoms with E-state index in [2.05, 4.69) is 82.7 Å². The summed E-state index contributed by atoms with van der Waals surface area (Å²) in [5.41, 5.74) is 10.9. The molecule has 0 aliphatic rings. The van der Waals surface area contributed by atoms with Gasteiger partial charge in [-0.05, 0) is 40.3 Å². The lowest BCUT2D eigenvalue weighted by Crippen LogP contribution is -2.22. The van der Waals surface area contributed by atoms with Gasteiger partial charge >= 0.3 is 0 Å². The van der Waals surface area contributed by atoms with Gasteiger partial charge in [-0.1, -0.05) is 78.9 Å². The zero-order chi connectivity index (χ0) is 20.6. The summed E-state index contributed by atoms with van der Waals surface area (Å²) in [4.78, 5) is 8.01. The van der Waals surface area contributed by atoms with Gasteiger partial charge in [0.15, 0.2) is 0 Å². The van der Waals surface area contributed by atoms with Crippen LogP contribution in [0, 0.1) is 0 Å². The van der Waals surface area contributed by atoms with Gasteiger partial charge in [0.05, 0.1) is 10.6 Å². The molecule has 30 heavy (non-hydrogen) atoms. The van der Waals surface area contributed by atoms with Crippen molar-refractivity contribution in [3.63, 3.8) is 0 Å². The fourth-order valence-corrected chi connectivity index (χ4v) is 4.03. The minimum Gasteiger partial charge on any atom is -0.383 e. The highest BCUT2D eigenvalue weighted by atomic mass is 32.1. The van der Waals surface area contributed by atoms with Crippen molar-refractivity contribution in [3.8, 4) is 0 Å². The molecule has 4 heteroatoms. The van der Waals surface area contributed by atoms with Crippen LogP contribution in [0.5, 0.6) is 0 Å². The first-order valence-electron chi connectivity index (χ1n) is 10.0. The molecular weight excluding hydrogens is 386 g/mol. The van der Waals surface area contributed by atoms with Gasteiger partial charge in [0.2, 0.25) is 0 Å². The van der Waals surface area contributed by atoms with Crippen LogP contribution in [0.4, 0.5) is 5.69 Å². The molecule has 0 unspecified atom stereocenters. The van der Waals surface area contributed by atoms with Crippen LogP contribution in [0.3, 0.4) is 0 Å². The van der Waals surface area contributed by atoms with Gasteiger partial charge in [-0.25, -0.2) is 4.99 Å². The number of benzene rings is 3. The molecule has 150 valence electrons. The number of nitrogens with zero attached hydrogens (tertiary/aromatic N) is 2. The van der Waals surface area contributed by atoms with Crippen LogP contribution in [0.25, 0.3) is 0 Å². The third-order valence-electron chi connectivity index (χ3n) is 4.86. The molecule has 4 aromatic rings. The van der Waals surface area contributed by atoms with Gasteiger partial charge in [-0.2, -0.15) is 0 Å². The van der Waals surface area contributed by atoms with Crippen LogP contribution in [-0.4, -0.2) is 10.7 Å². The largest absolute Gasteiger partial charge is 0.383 e. The maximum absolute atomic E-state index is 6.11. The predicted octanol–water partition coefficient (Wildman–Crippen LogP) is 5.99. The number of nitrogens with two attached hydrogens (primary N) is 1. The summed E-state index contributed by atoms with van der Waals surface area (Å²) in [6, 6.07) is 33.6. The van der Waals surface area contributed by atoms with Crippen LogP contribution in [0.15, 0.2) is 107 Å². The van der Waals surface area contributed by atoms with Crippen molar-refractivity contribution in [1.82, 2.24) is 4.90 Å². The Morgan fingerprint density at radius 1 is 0.667 bits per heavy atom. The van der Waals surface area contributed by atoms with Crippen LogP contribution in [0.2, 0.25) is 0 Å². The van der Waals surface area contributed by atoms with Gasteiger partial charge in [-0.15, -0.1) is 11.3 Å². The lowest BCUT2D eigenvalue weighted by molar-refractivity contribution is 0.248. The second-order valence-electron chi connectivity index (χ2n) is 7.26. The molecule has 1 aromatic heterocycles. The Morgan fingerprint density at radius 3 is 1.70 bits per heavy atom. The fourth-order valence-electron chi connectivity index (χ4n) is 3.40. The van der Waals surface area contributed by atoms with Crippen molar-refractivity contribution >= 4 is 22.9 Å². The molecule has 3 nitrogen and oxygen atoms in total. The SMILES string of the molecule is NC(=Nc1ccc(CN(Cc2ccccc2)Cc2ccccc2)cc1)c1cccs1. The predicted molar refractivity (Wildman–Crippen MR) is 127 cm³/mol. The maximum atomic E-state index is 6.11. The zero-order valence-corrected chi connectivity index (χ0v) is 17.6. The Kier molecular flexibility index (Phi) is 6.70. The Balaban J connectivity index is 1.48. The lowest BCUT2D eigenvalue weighted by Gasteiger charge is -2.23. The van der Waals surface area contributed by atoms with E-state index in [4.69, 9.17) is 5.73 Å². The summed E-state index contributed by atoms with van der Waals surface area (Å²) in [6.07, 6.45) is 0. The summed E-state index contributed by atoms with van der Waals surface area (Å²) in [6.45, 7) is 2.68. The van der Waals surface area contributed by atoms with Gasteiger partial charge in [-0.3, -0.25) is 4.90 Å². The van der Waals surface area contributed by atoms with Crippen molar-refractivity contribution < 1.29 is 0 Å². The first-order chi connectivity index (χ1) is 14.8. The van der Waals surface area contributed by atoms with Crippen molar-refractivity contribution in [3.05, 3.63) is 124 Å². The van der Waals surface area contributed by atoms with E-state index in [1.54, 1.807) is 11.3 Å². The second kappa shape index (κ2) is 10.0. The van der Waals surface area contributed by atoms with Crippen molar-refractivity contribution in [2.24, 2.45) is 10.7 Å². The van der Waals surface area contributed by atoms with E-state index in [1.165, 1.54) is 16.7 Å². The van der Waals surface area contributed by atoms with Crippen molar-refractivity contribution in [2.45, 2.75) is 19.6 Å². The molecule has 0 saturated heterocycles. The molecule has 0 saturated carbocycles. The van der Waals surface area contributed by atoms with Crippen molar-refractivity contribution in [2.75, 3.05) is 0 Å². The quantitative estimate of drug-likeness (QED) is 0.286. The third kappa shape index (κ3) is 5.66. The number of hydrogen-bond acceptors (Lipinski definition) is 3. The van der Waals surface area contributed by atoms with E-state index in [9.17, 15) is 0 Å². The van der Waals surface area contributed by atoms with E-state index in [1.807, 2.05) is 29.6 Å². The fraction of sp³-hybridized carbons (Fsp3) is 0.115. The first kappa shape index (κ1) is 20.1. The van der Waals surface area contributed by atoms with Gasteiger partial charge in [0.25, 0.3) is 0 Å². The molecule has 0 radical (unpaired) electrons. The summed E-state index contributed by atoms with van der Waals surface area (Å²) >= 11 is 1.60. The average Bonchev–Trinajstić information content (AvgIpc) is 3.32. The minimum atomic E-state index is 0.563. The Hall–Kier alpha value is -3.21. The Labute approximate surface area is 182 Å². The van der Waals surface area contributed by atoms with Gasteiger partial charge in [0.1, 0.15) is 5.84 Å². The molecule has 0 aliphatic carbocycles. The molecule has 4 rings (SSSR count). The van der Waals surface area contributed by atoms with Gasteiger partial charge < -0.3 is 5.73 Å². The molecular formula is C26H25N3S. The van der Waals surface area contributed by atoms with Gasteiger partial charge in [0, 0.05) is 19.6 Å².